The molecule has 2 fully saturated rings. The van der Waals surface area contributed by atoms with E-state index in [0.29, 0.717) is 37.3 Å². The first-order chi connectivity index (χ1) is 16.5. The zero-order valence-electron chi connectivity index (χ0n) is 18.9. The molecule has 174 valence electrons. The molecular weight excluding hydrogens is 430 g/mol. The van der Waals surface area contributed by atoms with Gasteiger partial charge >= 0.3 is 0 Å². The van der Waals surface area contributed by atoms with Crippen LogP contribution in [0, 0.1) is 5.92 Å². The van der Waals surface area contributed by atoms with Crippen LogP contribution in [0.3, 0.4) is 0 Å². The number of piperidine rings is 1. The number of carbonyl (C=O) groups excluding carboxylic acids is 3. The summed E-state index contributed by atoms with van der Waals surface area (Å²) in [4.78, 5) is 45.3. The summed E-state index contributed by atoms with van der Waals surface area (Å²) in [5.41, 5.74) is 8.68. The number of fused-ring (bicyclic) bond motifs is 1. The number of hydrogen-bond acceptors (Lipinski definition) is 5. The second-order valence-electron chi connectivity index (χ2n) is 8.95. The molecule has 0 spiro atoms. The van der Waals surface area contributed by atoms with Crippen molar-refractivity contribution in [3.8, 4) is 0 Å². The van der Waals surface area contributed by atoms with E-state index in [1.54, 1.807) is 29.2 Å². The first-order valence-electron chi connectivity index (χ1n) is 11.6. The molecule has 8 nitrogen and oxygen atoms in total. The Balaban J connectivity index is 1.19. The maximum Gasteiger partial charge on any atom is 0.251 e. The van der Waals surface area contributed by atoms with Crippen LogP contribution in [-0.4, -0.2) is 42.3 Å². The molecule has 1 atom stereocenters. The van der Waals surface area contributed by atoms with Crippen molar-refractivity contribution in [1.29, 1.82) is 0 Å². The number of anilines is 3. The number of nitrogens with zero attached hydrogens (tertiary/aromatic N) is 3. The van der Waals surface area contributed by atoms with E-state index in [4.69, 9.17) is 5.73 Å². The van der Waals surface area contributed by atoms with E-state index >= 15 is 0 Å². The average Bonchev–Trinajstić information content (AvgIpc) is 3.23. The number of amides is 3. The van der Waals surface area contributed by atoms with E-state index in [1.165, 1.54) is 0 Å². The number of hydrogen-bond donors (Lipinski definition) is 2. The standard InChI is InChI=1S/C26H27N5O3/c27-23-11-5-18-14-19(4-10-22(18)29-23)26(34)28-15-17-13-25(33)31(16-17)21-8-6-20(7-9-21)30-12-2-1-3-24(30)32/h4-11,14,17H,1-3,12-13,15-16H2,(H2,27,29)(H,28,34). The molecule has 0 saturated carbocycles. The van der Waals surface area contributed by atoms with E-state index in [2.05, 4.69) is 10.3 Å². The fourth-order valence-corrected chi connectivity index (χ4v) is 4.68. The van der Waals surface area contributed by atoms with Crippen LogP contribution in [0.2, 0.25) is 0 Å². The zero-order valence-corrected chi connectivity index (χ0v) is 18.9. The summed E-state index contributed by atoms with van der Waals surface area (Å²) in [7, 11) is 0. The molecule has 0 bridgehead atoms. The molecule has 3 heterocycles. The lowest BCUT2D eigenvalue weighted by Crippen LogP contribution is -2.35. The number of benzene rings is 2. The van der Waals surface area contributed by atoms with Gasteiger partial charge < -0.3 is 20.9 Å². The normalized spacial score (nSPS) is 18.5. The smallest absolute Gasteiger partial charge is 0.251 e. The molecule has 3 amide bonds. The van der Waals surface area contributed by atoms with Crippen LogP contribution < -0.4 is 20.9 Å². The zero-order chi connectivity index (χ0) is 23.7. The van der Waals surface area contributed by atoms with Gasteiger partial charge in [-0.1, -0.05) is 0 Å². The van der Waals surface area contributed by atoms with Crippen molar-refractivity contribution >= 4 is 45.8 Å². The monoisotopic (exact) mass is 457 g/mol. The predicted molar refractivity (Wildman–Crippen MR) is 132 cm³/mol. The van der Waals surface area contributed by atoms with Crippen molar-refractivity contribution in [2.45, 2.75) is 25.7 Å². The van der Waals surface area contributed by atoms with Crippen LogP contribution in [0.25, 0.3) is 10.9 Å². The second-order valence-corrected chi connectivity index (χ2v) is 8.95. The van der Waals surface area contributed by atoms with Gasteiger partial charge in [-0.15, -0.1) is 0 Å². The molecule has 5 rings (SSSR count). The lowest BCUT2D eigenvalue weighted by molar-refractivity contribution is -0.119. The molecule has 1 unspecified atom stereocenters. The van der Waals surface area contributed by atoms with Crippen LogP contribution in [0.1, 0.15) is 36.0 Å². The van der Waals surface area contributed by atoms with Gasteiger partial charge in [-0.2, -0.15) is 0 Å². The number of carbonyl (C=O) groups is 3. The highest BCUT2D eigenvalue weighted by atomic mass is 16.2. The Kier molecular flexibility index (Phi) is 5.88. The lowest BCUT2D eigenvalue weighted by Gasteiger charge is -2.27. The van der Waals surface area contributed by atoms with Gasteiger partial charge in [-0.05, 0) is 67.4 Å². The fraction of sp³-hybridized carbons (Fsp3) is 0.308. The summed E-state index contributed by atoms with van der Waals surface area (Å²) >= 11 is 0. The van der Waals surface area contributed by atoms with Gasteiger partial charge in [0.1, 0.15) is 5.82 Å². The molecule has 1 aromatic heterocycles. The van der Waals surface area contributed by atoms with E-state index < -0.39 is 0 Å². The first kappa shape index (κ1) is 21.9. The summed E-state index contributed by atoms with van der Waals surface area (Å²) in [6.45, 7) is 1.70. The van der Waals surface area contributed by atoms with Crippen LogP contribution in [0.15, 0.2) is 54.6 Å². The molecule has 2 aliphatic rings. The highest BCUT2D eigenvalue weighted by Gasteiger charge is 2.31. The van der Waals surface area contributed by atoms with Crippen LogP contribution >= 0.6 is 0 Å². The SMILES string of the molecule is Nc1ccc2cc(C(=O)NCC3CC(=O)N(c4ccc(N5CCCCC5=O)cc4)C3)ccc2n1. The maximum atomic E-state index is 12.7. The Labute approximate surface area is 197 Å². The maximum absolute atomic E-state index is 12.7. The van der Waals surface area contributed by atoms with Gasteiger partial charge in [0.25, 0.3) is 5.91 Å². The number of rotatable bonds is 5. The summed E-state index contributed by atoms with van der Waals surface area (Å²) in [5, 5.41) is 3.81. The van der Waals surface area contributed by atoms with Crippen molar-refractivity contribution in [2.24, 2.45) is 5.92 Å². The van der Waals surface area contributed by atoms with Crippen LogP contribution in [0.5, 0.6) is 0 Å². The first-order valence-corrected chi connectivity index (χ1v) is 11.6. The molecule has 8 heteroatoms. The van der Waals surface area contributed by atoms with Crippen LogP contribution in [0.4, 0.5) is 17.2 Å². The molecule has 2 saturated heterocycles. The predicted octanol–water partition coefficient (Wildman–Crippen LogP) is 3.12. The Bertz CT molecular complexity index is 1260. The Morgan fingerprint density at radius 3 is 2.50 bits per heavy atom. The Morgan fingerprint density at radius 2 is 1.74 bits per heavy atom. The number of nitrogens with two attached hydrogens (primary N) is 1. The Morgan fingerprint density at radius 1 is 0.971 bits per heavy atom. The van der Waals surface area contributed by atoms with Crippen molar-refractivity contribution in [3.05, 3.63) is 60.2 Å². The van der Waals surface area contributed by atoms with Crippen LogP contribution in [-0.2, 0) is 9.59 Å². The van der Waals surface area contributed by atoms with Gasteiger partial charge in [0.2, 0.25) is 11.8 Å². The van der Waals surface area contributed by atoms with Gasteiger partial charge in [-0.3, -0.25) is 14.4 Å². The minimum atomic E-state index is -0.180. The summed E-state index contributed by atoms with van der Waals surface area (Å²) in [6, 6.07) is 16.4. The molecule has 2 aliphatic heterocycles. The van der Waals surface area contributed by atoms with Crippen molar-refractivity contribution in [2.75, 3.05) is 35.2 Å². The van der Waals surface area contributed by atoms with Crippen molar-refractivity contribution in [1.82, 2.24) is 10.3 Å². The average molecular weight is 458 g/mol. The third-order valence-corrected chi connectivity index (χ3v) is 6.53. The largest absolute Gasteiger partial charge is 0.384 e. The van der Waals surface area contributed by atoms with E-state index in [0.717, 1.165) is 41.7 Å². The molecule has 34 heavy (non-hydrogen) atoms. The molecular formula is C26H27N5O3. The number of pyridine rings is 1. The van der Waals surface area contributed by atoms with Gasteiger partial charge in [-0.25, -0.2) is 4.98 Å². The van der Waals surface area contributed by atoms with Crippen molar-refractivity contribution in [3.63, 3.8) is 0 Å². The van der Waals surface area contributed by atoms with Gasteiger partial charge in [0, 0.05) is 60.7 Å². The van der Waals surface area contributed by atoms with E-state index in [-0.39, 0.29) is 23.6 Å². The summed E-state index contributed by atoms with van der Waals surface area (Å²) in [5.74, 6) is 0.478. The lowest BCUT2D eigenvalue weighted by atomic mass is 10.1. The molecule has 0 radical (unpaired) electrons. The molecule has 0 aliphatic carbocycles. The number of aromatic nitrogens is 1. The number of nitrogens with one attached hydrogen (secondary N) is 1. The third-order valence-electron chi connectivity index (χ3n) is 6.53. The minimum Gasteiger partial charge on any atom is -0.384 e. The van der Waals surface area contributed by atoms with Crippen molar-refractivity contribution < 1.29 is 14.4 Å². The van der Waals surface area contributed by atoms with E-state index in [1.807, 2.05) is 35.2 Å². The summed E-state index contributed by atoms with van der Waals surface area (Å²) in [6.07, 6.45) is 2.93. The molecule has 3 aromatic rings. The summed E-state index contributed by atoms with van der Waals surface area (Å²) < 4.78 is 0. The minimum absolute atomic E-state index is 0.0294. The number of nitrogen functional groups attached to an aromatic ring is 1. The molecule has 2 aromatic carbocycles. The second kappa shape index (κ2) is 9.13. The van der Waals surface area contributed by atoms with E-state index in [9.17, 15) is 14.4 Å². The quantitative estimate of drug-likeness (QED) is 0.612. The van der Waals surface area contributed by atoms with Gasteiger partial charge in [0.05, 0.1) is 5.52 Å². The highest BCUT2D eigenvalue weighted by molar-refractivity contribution is 5.99. The third kappa shape index (κ3) is 4.44. The highest BCUT2D eigenvalue weighted by Crippen LogP contribution is 2.28. The van der Waals surface area contributed by atoms with Gasteiger partial charge in [0.15, 0.2) is 0 Å². The fourth-order valence-electron chi connectivity index (χ4n) is 4.68. The topological polar surface area (TPSA) is 109 Å². The Hall–Kier alpha value is -3.94. The molecule has 3 N–H and O–H groups in total.